The molecule has 0 aromatic heterocycles. The van der Waals surface area contributed by atoms with Crippen molar-refractivity contribution in [1.29, 1.82) is 0 Å². The Morgan fingerprint density at radius 2 is 2.00 bits per heavy atom. The van der Waals surface area contributed by atoms with Crippen LogP contribution in [0.25, 0.3) is 0 Å². The molecule has 1 rings (SSSR count). The Kier molecular flexibility index (Phi) is 4.33. The summed E-state index contributed by atoms with van der Waals surface area (Å²) in [5, 5.41) is 1.27. The zero-order chi connectivity index (χ0) is 10.6. The van der Waals surface area contributed by atoms with Crippen LogP contribution in [0.4, 0.5) is 4.39 Å². The number of unbranched alkanes of at least 4 members (excludes halogenated alkanes) is 1. The lowest BCUT2D eigenvalue weighted by Gasteiger charge is -2.11. The maximum Gasteiger partial charge on any atom is 0.123 e. The van der Waals surface area contributed by atoms with Crippen LogP contribution in [0.15, 0.2) is 18.2 Å². The summed E-state index contributed by atoms with van der Waals surface area (Å²) in [6, 6.07) is 5.26. The van der Waals surface area contributed by atoms with Crippen molar-refractivity contribution in [3.05, 3.63) is 29.6 Å². The van der Waals surface area contributed by atoms with Gasteiger partial charge in [-0.3, -0.25) is 0 Å². The zero-order valence-corrected chi connectivity index (χ0v) is 10.2. The molecule has 0 N–H and O–H groups in total. The van der Waals surface area contributed by atoms with Gasteiger partial charge in [0.2, 0.25) is 0 Å². The van der Waals surface area contributed by atoms with Crippen molar-refractivity contribution in [1.82, 2.24) is 0 Å². The SMILES string of the molecule is CCCCc1ccc(F)cc1[Si](C)C. The van der Waals surface area contributed by atoms with Gasteiger partial charge in [-0.05, 0) is 30.5 Å². The highest BCUT2D eigenvalue weighted by Gasteiger charge is 2.08. The van der Waals surface area contributed by atoms with Crippen molar-refractivity contribution in [2.45, 2.75) is 39.3 Å². The van der Waals surface area contributed by atoms with Crippen LogP contribution >= 0.6 is 0 Å². The molecule has 2 heteroatoms. The molecule has 0 bridgehead atoms. The Morgan fingerprint density at radius 3 is 2.57 bits per heavy atom. The topological polar surface area (TPSA) is 0 Å². The van der Waals surface area contributed by atoms with E-state index < -0.39 is 8.80 Å². The van der Waals surface area contributed by atoms with E-state index in [-0.39, 0.29) is 5.82 Å². The van der Waals surface area contributed by atoms with Crippen LogP contribution in [0.2, 0.25) is 13.1 Å². The molecule has 0 heterocycles. The summed E-state index contributed by atoms with van der Waals surface area (Å²) < 4.78 is 13.0. The second-order valence-corrected chi connectivity index (χ2v) is 6.44. The predicted molar refractivity (Wildman–Crippen MR) is 62.1 cm³/mol. The van der Waals surface area contributed by atoms with Crippen molar-refractivity contribution >= 4 is 14.0 Å². The van der Waals surface area contributed by atoms with E-state index in [1.165, 1.54) is 23.6 Å². The molecule has 0 saturated carbocycles. The fourth-order valence-electron chi connectivity index (χ4n) is 1.60. The van der Waals surface area contributed by atoms with Crippen molar-refractivity contribution < 1.29 is 4.39 Å². The quantitative estimate of drug-likeness (QED) is 0.668. The second-order valence-electron chi connectivity index (χ2n) is 3.91. The first-order chi connectivity index (χ1) is 6.65. The Labute approximate surface area is 87.8 Å². The van der Waals surface area contributed by atoms with Crippen molar-refractivity contribution in [3.8, 4) is 0 Å². The van der Waals surface area contributed by atoms with Gasteiger partial charge in [-0.1, -0.05) is 37.7 Å². The van der Waals surface area contributed by atoms with Gasteiger partial charge >= 0.3 is 0 Å². The highest BCUT2D eigenvalue weighted by molar-refractivity contribution is 6.71. The first kappa shape index (κ1) is 11.4. The molecule has 0 saturated heterocycles. The van der Waals surface area contributed by atoms with Gasteiger partial charge in [0.25, 0.3) is 0 Å². The largest absolute Gasteiger partial charge is 0.207 e. The number of hydrogen-bond acceptors (Lipinski definition) is 0. The molecule has 0 spiro atoms. The Balaban J connectivity index is 2.90. The van der Waals surface area contributed by atoms with Gasteiger partial charge in [0.15, 0.2) is 0 Å². The highest BCUT2D eigenvalue weighted by Crippen LogP contribution is 2.06. The number of hydrogen-bond donors (Lipinski definition) is 0. The van der Waals surface area contributed by atoms with E-state index in [1.807, 2.05) is 6.07 Å². The lowest BCUT2D eigenvalue weighted by Crippen LogP contribution is -2.27. The van der Waals surface area contributed by atoms with Crippen LogP contribution in [0.1, 0.15) is 25.3 Å². The average Bonchev–Trinajstić information content (AvgIpc) is 2.15. The molecule has 0 aliphatic rings. The minimum absolute atomic E-state index is 0.0913. The lowest BCUT2D eigenvalue weighted by atomic mass is 10.1. The van der Waals surface area contributed by atoms with E-state index in [0.717, 1.165) is 6.42 Å². The van der Waals surface area contributed by atoms with Gasteiger partial charge in [-0.15, -0.1) is 0 Å². The summed E-state index contributed by atoms with van der Waals surface area (Å²) in [6.45, 7) is 6.62. The smallest absolute Gasteiger partial charge is 0.123 e. The number of benzene rings is 1. The maximum absolute atomic E-state index is 13.0. The molecule has 0 fully saturated rings. The Hall–Kier alpha value is -0.633. The zero-order valence-electron chi connectivity index (χ0n) is 9.23. The molecule has 0 aliphatic carbocycles. The standard InChI is InChI=1S/C12H18FSi/c1-4-5-6-10-7-8-11(13)9-12(10)14(2)3/h7-9H,4-6H2,1-3H3. The van der Waals surface area contributed by atoms with Crippen LogP contribution in [-0.2, 0) is 6.42 Å². The third-order valence-electron chi connectivity index (χ3n) is 2.41. The molecular weight excluding hydrogens is 191 g/mol. The van der Waals surface area contributed by atoms with Crippen LogP contribution in [-0.4, -0.2) is 8.80 Å². The van der Waals surface area contributed by atoms with E-state index in [2.05, 4.69) is 20.0 Å². The molecular formula is C12H18FSi. The summed E-state index contributed by atoms with van der Waals surface area (Å²) in [6.07, 6.45) is 3.50. The molecule has 1 aromatic carbocycles. The van der Waals surface area contributed by atoms with E-state index in [0.29, 0.717) is 0 Å². The summed E-state index contributed by atoms with van der Waals surface area (Å²) >= 11 is 0. The van der Waals surface area contributed by atoms with E-state index in [4.69, 9.17) is 0 Å². The number of halogens is 1. The summed E-state index contributed by atoms with van der Waals surface area (Å²) in [4.78, 5) is 0. The van der Waals surface area contributed by atoms with Crippen LogP contribution < -0.4 is 5.19 Å². The van der Waals surface area contributed by atoms with Crippen molar-refractivity contribution in [3.63, 3.8) is 0 Å². The Bertz CT molecular complexity index is 294. The molecule has 14 heavy (non-hydrogen) atoms. The normalized spacial score (nSPS) is 10.9. The molecule has 1 radical (unpaired) electrons. The fourth-order valence-corrected chi connectivity index (χ4v) is 2.88. The average molecular weight is 209 g/mol. The van der Waals surface area contributed by atoms with Crippen LogP contribution in [0.5, 0.6) is 0 Å². The summed E-state index contributed by atoms with van der Waals surface area (Å²) in [7, 11) is -0.534. The second kappa shape index (κ2) is 5.30. The number of rotatable bonds is 4. The highest BCUT2D eigenvalue weighted by atomic mass is 28.3. The third kappa shape index (κ3) is 2.95. The minimum atomic E-state index is -0.534. The van der Waals surface area contributed by atoms with Gasteiger partial charge in [0.1, 0.15) is 5.82 Å². The van der Waals surface area contributed by atoms with Gasteiger partial charge in [-0.2, -0.15) is 0 Å². The van der Waals surface area contributed by atoms with Gasteiger partial charge < -0.3 is 0 Å². The fraction of sp³-hybridized carbons (Fsp3) is 0.500. The van der Waals surface area contributed by atoms with Gasteiger partial charge in [0.05, 0.1) is 8.80 Å². The Morgan fingerprint density at radius 1 is 1.29 bits per heavy atom. The van der Waals surface area contributed by atoms with E-state index in [9.17, 15) is 4.39 Å². The lowest BCUT2D eigenvalue weighted by molar-refractivity contribution is 0.628. The van der Waals surface area contributed by atoms with E-state index >= 15 is 0 Å². The molecule has 77 valence electrons. The minimum Gasteiger partial charge on any atom is -0.207 e. The maximum atomic E-state index is 13.0. The molecule has 0 amide bonds. The molecule has 1 aromatic rings. The van der Waals surface area contributed by atoms with Gasteiger partial charge in [0, 0.05) is 0 Å². The first-order valence-corrected chi connectivity index (χ1v) is 7.74. The van der Waals surface area contributed by atoms with E-state index in [1.54, 1.807) is 12.1 Å². The molecule has 0 unspecified atom stereocenters. The van der Waals surface area contributed by atoms with Crippen molar-refractivity contribution in [2.24, 2.45) is 0 Å². The molecule has 0 aliphatic heterocycles. The predicted octanol–water partition coefficient (Wildman–Crippen LogP) is 3.13. The summed E-state index contributed by atoms with van der Waals surface area (Å²) in [5.41, 5.74) is 1.35. The third-order valence-corrected chi connectivity index (χ3v) is 3.95. The first-order valence-electron chi connectivity index (χ1n) is 5.24. The van der Waals surface area contributed by atoms with Gasteiger partial charge in [-0.25, -0.2) is 4.39 Å². The number of aryl methyl sites for hydroxylation is 1. The van der Waals surface area contributed by atoms with Crippen LogP contribution in [0, 0.1) is 5.82 Å². The van der Waals surface area contributed by atoms with Crippen LogP contribution in [0.3, 0.4) is 0 Å². The monoisotopic (exact) mass is 209 g/mol. The summed E-state index contributed by atoms with van der Waals surface area (Å²) in [5.74, 6) is -0.0913. The molecule has 0 nitrogen and oxygen atoms in total. The van der Waals surface area contributed by atoms with Crippen molar-refractivity contribution in [2.75, 3.05) is 0 Å². The molecule has 0 atom stereocenters.